The molecule has 0 radical (unpaired) electrons. The summed E-state index contributed by atoms with van der Waals surface area (Å²) >= 11 is 5.95. The average molecular weight is 440 g/mol. The Morgan fingerprint density at radius 1 is 1.10 bits per heavy atom. The number of nitrogens with zero attached hydrogens (tertiary/aromatic N) is 5. The molecular weight excluding hydrogens is 418 g/mol. The van der Waals surface area contributed by atoms with Crippen LogP contribution < -0.4 is 15.5 Å². The number of hydrogen-bond donors (Lipinski definition) is 2. The van der Waals surface area contributed by atoms with E-state index in [-0.39, 0.29) is 17.9 Å². The molecule has 0 saturated carbocycles. The first-order valence-electron chi connectivity index (χ1n) is 9.87. The van der Waals surface area contributed by atoms with E-state index in [0.29, 0.717) is 16.8 Å². The number of nitrogens with one attached hydrogen (secondary N) is 2. The first kappa shape index (κ1) is 20.8. The van der Waals surface area contributed by atoms with Crippen LogP contribution >= 0.6 is 11.6 Å². The zero-order valence-electron chi connectivity index (χ0n) is 17.3. The van der Waals surface area contributed by atoms with Gasteiger partial charge in [0.2, 0.25) is 5.95 Å². The molecule has 0 bridgehead atoms. The Morgan fingerprint density at radius 2 is 1.84 bits per heavy atom. The van der Waals surface area contributed by atoms with Gasteiger partial charge in [-0.2, -0.15) is 4.98 Å². The maximum atomic E-state index is 12.3. The van der Waals surface area contributed by atoms with E-state index in [9.17, 15) is 9.59 Å². The molecule has 3 amide bonds. The third-order valence-electron chi connectivity index (χ3n) is 5.03. The van der Waals surface area contributed by atoms with Gasteiger partial charge in [0, 0.05) is 23.1 Å². The zero-order chi connectivity index (χ0) is 22.1. The van der Waals surface area contributed by atoms with Gasteiger partial charge >= 0.3 is 6.03 Å². The minimum absolute atomic E-state index is 0.0615. The van der Waals surface area contributed by atoms with Gasteiger partial charge in [0.05, 0.1) is 18.1 Å². The van der Waals surface area contributed by atoms with Crippen LogP contribution in [0.3, 0.4) is 0 Å². The number of imidazole rings is 1. The second kappa shape index (κ2) is 8.35. The monoisotopic (exact) mass is 439 g/mol. The number of amides is 3. The van der Waals surface area contributed by atoms with E-state index in [0.717, 1.165) is 11.4 Å². The molecule has 3 aromatic rings. The number of urea groups is 1. The molecule has 9 nitrogen and oxygen atoms in total. The van der Waals surface area contributed by atoms with E-state index in [1.54, 1.807) is 18.6 Å². The molecule has 1 unspecified atom stereocenters. The van der Waals surface area contributed by atoms with Gasteiger partial charge < -0.3 is 9.88 Å². The maximum absolute atomic E-state index is 12.3. The Balaban J connectivity index is 1.52. The molecule has 2 aromatic heterocycles. The third-order valence-corrected chi connectivity index (χ3v) is 5.28. The van der Waals surface area contributed by atoms with Crippen LogP contribution in [-0.4, -0.2) is 37.5 Å². The van der Waals surface area contributed by atoms with E-state index in [4.69, 9.17) is 11.6 Å². The Labute approximate surface area is 184 Å². The summed E-state index contributed by atoms with van der Waals surface area (Å²) in [5, 5.41) is 6.23. The highest BCUT2D eigenvalue weighted by atomic mass is 35.5. The van der Waals surface area contributed by atoms with E-state index >= 15 is 0 Å². The van der Waals surface area contributed by atoms with Gasteiger partial charge in [-0.3, -0.25) is 15.0 Å². The molecule has 1 aliphatic heterocycles. The maximum Gasteiger partial charge on any atom is 0.330 e. The largest absolute Gasteiger partial charge is 0.346 e. The quantitative estimate of drug-likeness (QED) is 0.569. The summed E-state index contributed by atoms with van der Waals surface area (Å²) in [6.45, 7) is 5.71. The number of imide groups is 1. The van der Waals surface area contributed by atoms with E-state index < -0.39 is 12.1 Å². The first-order valence-corrected chi connectivity index (χ1v) is 10.2. The molecule has 31 heavy (non-hydrogen) atoms. The first-order chi connectivity index (χ1) is 14.8. The standard InChI is InChI=1S/C21H22ClN7O2/c1-12(2)18-19(30)27-21(31)29(18)17-8-9-23-20(26-17)25-13(3)16-10-28(11-24-16)15-6-4-14(22)5-7-15/h4-13,18H,1-3H3,(H,23,25,26)(H,27,30,31)/t13-,18?/m1/s1. The van der Waals surface area contributed by atoms with Crippen molar-refractivity contribution >= 4 is 35.3 Å². The van der Waals surface area contributed by atoms with E-state index in [2.05, 4.69) is 25.6 Å². The summed E-state index contributed by atoms with van der Waals surface area (Å²) in [5.74, 6) is 0.307. The number of carbonyl (C=O) groups is 2. The molecule has 3 heterocycles. The van der Waals surface area contributed by atoms with Gasteiger partial charge in [0.25, 0.3) is 5.91 Å². The number of anilines is 2. The normalized spacial score (nSPS) is 17.2. The van der Waals surface area contributed by atoms with Crippen LogP contribution in [0.4, 0.5) is 16.6 Å². The van der Waals surface area contributed by atoms with Crippen LogP contribution in [0.15, 0.2) is 49.1 Å². The molecule has 1 aliphatic rings. The second-order valence-electron chi connectivity index (χ2n) is 7.64. The topological polar surface area (TPSA) is 105 Å². The van der Waals surface area contributed by atoms with Gasteiger partial charge in [-0.15, -0.1) is 0 Å². The molecular formula is C21H22ClN7O2. The summed E-state index contributed by atoms with van der Waals surface area (Å²) in [5.41, 5.74) is 1.73. The fourth-order valence-corrected chi connectivity index (χ4v) is 3.59. The van der Waals surface area contributed by atoms with Gasteiger partial charge in [0.1, 0.15) is 11.9 Å². The molecule has 2 atom stereocenters. The molecule has 1 aromatic carbocycles. The number of aromatic nitrogens is 4. The van der Waals surface area contributed by atoms with Crippen molar-refractivity contribution in [3.63, 3.8) is 0 Å². The minimum atomic E-state index is -0.609. The molecule has 10 heteroatoms. The zero-order valence-corrected chi connectivity index (χ0v) is 18.0. The predicted octanol–water partition coefficient (Wildman–Crippen LogP) is 3.57. The molecule has 160 valence electrons. The van der Waals surface area contributed by atoms with Crippen LogP contribution in [0.2, 0.25) is 5.02 Å². The van der Waals surface area contributed by atoms with Crippen LogP contribution in [0.5, 0.6) is 0 Å². The van der Waals surface area contributed by atoms with Crippen molar-refractivity contribution < 1.29 is 9.59 Å². The van der Waals surface area contributed by atoms with Crippen molar-refractivity contribution in [2.24, 2.45) is 5.92 Å². The predicted molar refractivity (Wildman–Crippen MR) is 117 cm³/mol. The van der Waals surface area contributed by atoms with Gasteiger partial charge in [0.15, 0.2) is 0 Å². The Morgan fingerprint density at radius 3 is 2.55 bits per heavy atom. The fraction of sp³-hybridized carbons (Fsp3) is 0.286. The molecule has 1 fully saturated rings. The van der Waals surface area contributed by atoms with Gasteiger partial charge in [-0.1, -0.05) is 25.4 Å². The number of hydrogen-bond acceptors (Lipinski definition) is 6. The molecule has 1 saturated heterocycles. The Bertz CT molecular complexity index is 1110. The Hall–Kier alpha value is -3.46. The van der Waals surface area contributed by atoms with Gasteiger partial charge in [-0.05, 0) is 43.2 Å². The van der Waals surface area contributed by atoms with Gasteiger partial charge in [-0.25, -0.2) is 14.8 Å². The number of carbonyl (C=O) groups excluding carboxylic acids is 2. The molecule has 2 N–H and O–H groups in total. The van der Waals surface area contributed by atoms with Crippen LogP contribution in [0.25, 0.3) is 5.69 Å². The minimum Gasteiger partial charge on any atom is -0.346 e. The van der Waals surface area contributed by atoms with Crippen molar-refractivity contribution in [1.29, 1.82) is 0 Å². The summed E-state index contributed by atoms with van der Waals surface area (Å²) in [6, 6.07) is 7.78. The lowest BCUT2D eigenvalue weighted by atomic mass is 10.0. The van der Waals surface area contributed by atoms with Crippen molar-refractivity contribution in [3.05, 3.63) is 59.8 Å². The second-order valence-corrected chi connectivity index (χ2v) is 8.08. The average Bonchev–Trinajstić information content (AvgIpc) is 3.33. The molecule has 0 aliphatic carbocycles. The number of benzene rings is 1. The lowest BCUT2D eigenvalue weighted by Crippen LogP contribution is -2.39. The highest BCUT2D eigenvalue weighted by Gasteiger charge is 2.42. The SMILES string of the molecule is CC(C)C1C(=O)NC(=O)N1c1ccnc(N[C@H](C)c2cn(-c3ccc(Cl)cc3)cn2)n1. The number of halogens is 1. The van der Waals surface area contributed by atoms with Crippen molar-refractivity contribution in [3.8, 4) is 5.69 Å². The lowest BCUT2D eigenvalue weighted by molar-refractivity contribution is -0.120. The van der Waals surface area contributed by atoms with Crippen LogP contribution in [0, 0.1) is 5.92 Å². The van der Waals surface area contributed by atoms with Crippen molar-refractivity contribution in [2.75, 3.05) is 10.2 Å². The summed E-state index contributed by atoms with van der Waals surface area (Å²) in [6.07, 6.45) is 5.19. The summed E-state index contributed by atoms with van der Waals surface area (Å²) in [7, 11) is 0. The molecule has 0 spiro atoms. The van der Waals surface area contributed by atoms with E-state index in [1.165, 1.54) is 4.90 Å². The van der Waals surface area contributed by atoms with E-state index in [1.807, 2.05) is 55.8 Å². The van der Waals surface area contributed by atoms with Crippen molar-refractivity contribution in [1.82, 2.24) is 24.8 Å². The molecule has 4 rings (SSSR count). The highest BCUT2D eigenvalue weighted by molar-refractivity contribution is 6.30. The smallest absolute Gasteiger partial charge is 0.330 e. The fourth-order valence-electron chi connectivity index (χ4n) is 3.47. The van der Waals surface area contributed by atoms with Crippen LogP contribution in [0.1, 0.15) is 32.5 Å². The Kier molecular flexibility index (Phi) is 5.60. The number of rotatable bonds is 6. The third kappa shape index (κ3) is 4.22. The van der Waals surface area contributed by atoms with Crippen LogP contribution in [-0.2, 0) is 4.79 Å². The summed E-state index contributed by atoms with van der Waals surface area (Å²) in [4.78, 5) is 39.0. The summed E-state index contributed by atoms with van der Waals surface area (Å²) < 4.78 is 1.90. The lowest BCUT2D eigenvalue weighted by Gasteiger charge is -2.23. The highest BCUT2D eigenvalue weighted by Crippen LogP contribution is 2.25. The van der Waals surface area contributed by atoms with Crippen molar-refractivity contribution in [2.45, 2.75) is 32.9 Å².